The molecule has 0 bridgehead atoms. The Labute approximate surface area is 338 Å². The highest BCUT2D eigenvalue weighted by Crippen LogP contribution is 2.51. The van der Waals surface area contributed by atoms with Crippen LogP contribution in [0.15, 0.2) is 211 Å². The number of fused-ring (bicyclic) bond motifs is 9. The summed E-state index contributed by atoms with van der Waals surface area (Å²) in [7, 11) is 0. The van der Waals surface area contributed by atoms with Gasteiger partial charge in [0, 0.05) is 48.6 Å². The fourth-order valence-electron chi connectivity index (χ4n) is 9.05. The van der Waals surface area contributed by atoms with Gasteiger partial charge in [0.1, 0.15) is 11.2 Å². The number of aromatic nitrogens is 1. The molecule has 4 heteroatoms. The van der Waals surface area contributed by atoms with Gasteiger partial charge in [-0.15, -0.1) is 11.3 Å². The number of hydrogen-bond donors (Lipinski definition) is 0. The van der Waals surface area contributed by atoms with Crippen LogP contribution in [0.4, 0.5) is 17.1 Å². The number of thiophene rings is 1. The molecule has 3 heterocycles. The Bertz CT molecular complexity index is 3470. The lowest BCUT2D eigenvalue weighted by molar-refractivity contribution is 0.670. The minimum Gasteiger partial charge on any atom is -0.455 e. The first kappa shape index (κ1) is 32.8. The summed E-state index contributed by atoms with van der Waals surface area (Å²) in [6.45, 7) is 0. The van der Waals surface area contributed by atoms with Crippen LogP contribution in [0.25, 0.3) is 91.9 Å². The van der Waals surface area contributed by atoms with E-state index in [4.69, 9.17) is 4.42 Å². The number of hydrogen-bond acceptors (Lipinski definition) is 3. The molecular weight excluding hydrogens is 725 g/mol. The van der Waals surface area contributed by atoms with Crippen molar-refractivity contribution < 1.29 is 4.42 Å². The van der Waals surface area contributed by atoms with E-state index in [1.54, 1.807) is 0 Å². The molecule has 3 aromatic heterocycles. The van der Waals surface area contributed by atoms with E-state index in [-0.39, 0.29) is 0 Å². The summed E-state index contributed by atoms with van der Waals surface area (Å²) < 4.78 is 11.8. The minimum atomic E-state index is 0.869. The fraction of sp³-hybridized carbons (Fsp3) is 0. The van der Waals surface area contributed by atoms with Crippen molar-refractivity contribution in [2.45, 2.75) is 0 Å². The van der Waals surface area contributed by atoms with Crippen LogP contribution in [0.2, 0.25) is 0 Å². The summed E-state index contributed by atoms with van der Waals surface area (Å²) in [5.41, 5.74) is 13.1. The lowest BCUT2D eigenvalue weighted by atomic mass is 9.99. The molecule has 0 saturated heterocycles. The van der Waals surface area contributed by atoms with Gasteiger partial charge >= 0.3 is 0 Å². The molecule has 0 aliphatic carbocycles. The topological polar surface area (TPSA) is 21.3 Å². The molecule has 0 atom stereocenters. The predicted octanol–water partition coefficient (Wildman–Crippen LogP) is 15.9. The van der Waals surface area contributed by atoms with Gasteiger partial charge in [-0.25, -0.2) is 0 Å². The van der Waals surface area contributed by atoms with Crippen molar-refractivity contribution in [1.29, 1.82) is 0 Å². The van der Waals surface area contributed by atoms with Gasteiger partial charge in [0.25, 0.3) is 0 Å². The molecule has 12 aromatic rings. The monoisotopic (exact) mass is 758 g/mol. The van der Waals surface area contributed by atoms with E-state index in [1.807, 2.05) is 11.3 Å². The maximum Gasteiger partial charge on any atom is 0.145 e. The van der Waals surface area contributed by atoms with Crippen LogP contribution in [-0.2, 0) is 0 Å². The lowest BCUT2D eigenvalue weighted by Gasteiger charge is -2.28. The Balaban J connectivity index is 1.17. The number of rotatable bonds is 6. The molecule has 12 rings (SSSR count). The van der Waals surface area contributed by atoms with Crippen LogP contribution < -0.4 is 4.90 Å². The summed E-state index contributed by atoms with van der Waals surface area (Å²) in [6.07, 6.45) is 0. The Morgan fingerprint density at radius 3 is 1.74 bits per heavy atom. The average Bonchev–Trinajstić information content (AvgIpc) is 3.98. The van der Waals surface area contributed by atoms with Crippen LogP contribution >= 0.6 is 11.3 Å². The first-order chi connectivity index (χ1) is 28.8. The highest BCUT2D eigenvalue weighted by molar-refractivity contribution is 7.27. The maximum atomic E-state index is 6.85. The van der Waals surface area contributed by atoms with Crippen molar-refractivity contribution in [2.24, 2.45) is 0 Å². The zero-order chi connectivity index (χ0) is 38.2. The normalized spacial score (nSPS) is 11.8. The second-order valence-electron chi connectivity index (χ2n) is 14.8. The van der Waals surface area contributed by atoms with Crippen molar-refractivity contribution in [3.8, 4) is 27.9 Å². The van der Waals surface area contributed by atoms with Crippen LogP contribution in [0, 0.1) is 0 Å². The molecular formula is C54H34N2OS. The molecule has 0 saturated carbocycles. The average molecular weight is 759 g/mol. The third kappa shape index (κ3) is 4.99. The molecule has 0 aliphatic rings. The number of benzene rings is 9. The van der Waals surface area contributed by atoms with Crippen molar-refractivity contribution in [2.75, 3.05) is 4.90 Å². The Morgan fingerprint density at radius 1 is 0.414 bits per heavy atom. The van der Waals surface area contributed by atoms with Gasteiger partial charge in [0.15, 0.2) is 0 Å². The van der Waals surface area contributed by atoms with Crippen LogP contribution in [-0.4, -0.2) is 4.57 Å². The van der Waals surface area contributed by atoms with E-state index < -0.39 is 0 Å². The molecule has 0 N–H and O–H groups in total. The first-order valence-electron chi connectivity index (χ1n) is 19.7. The molecule has 58 heavy (non-hydrogen) atoms. The number of para-hydroxylation sites is 3. The van der Waals surface area contributed by atoms with Gasteiger partial charge in [-0.1, -0.05) is 152 Å². The Morgan fingerprint density at radius 2 is 1.00 bits per heavy atom. The van der Waals surface area contributed by atoms with Gasteiger partial charge in [0.2, 0.25) is 0 Å². The molecule has 3 nitrogen and oxygen atoms in total. The summed E-state index contributed by atoms with van der Waals surface area (Å²) in [5.74, 6) is 0. The third-order valence-corrected chi connectivity index (χ3v) is 12.9. The number of anilines is 3. The molecule has 0 aliphatic heterocycles. The van der Waals surface area contributed by atoms with Gasteiger partial charge in [-0.3, -0.25) is 0 Å². The second-order valence-corrected chi connectivity index (χ2v) is 15.9. The highest BCUT2D eigenvalue weighted by Gasteiger charge is 2.25. The molecule has 0 amide bonds. The first-order valence-corrected chi connectivity index (χ1v) is 20.5. The van der Waals surface area contributed by atoms with Gasteiger partial charge in [-0.05, 0) is 71.3 Å². The van der Waals surface area contributed by atoms with Crippen LogP contribution in [0.5, 0.6) is 0 Å². The van der Waals surface area contributed by atoms with Gasteiger partial charge in [0.05, 0.1) is 32.5 Å². The van der Waals surface area contributed by atoms with E-state index in [0.29, 0.717) is 0 Å². The molecule has 0 radical (unpaired) electrons. The van der Waals surface area contributed by atoms with Crippen LogP contribution in [0.3, 0.4) is 0 Å². The quantitative estimate of drug-likeness (QED) is 0.168. The standard InChI is InChI=1S/C54H34N2OS/c1-3-16-35(17-4-1)39-32-33-48(51-45-24-9-12-31-50(45)57-52(39)51)56(38-21-13-20-37(34-38)55-46-28-10-7-22-41(46)42-23-8-11-29-47(42)55)49-30-15-27-44-43-26-14-25-40(53(43)58-54(44)49)36-18-5-2-6-19-36/h1-34H. The molecule has 9 aromatic carbocycles. The summed E-state index contributed by atoms with van der Waals surface area (Å²) in [5, 5.41) is 7.17. The lowest BCUT2D eigenvalue weighted by Crippen LogP contribution is -2.11. The van der Waals surface area contributed by atoms with Gasteiger partial charge in [-0.2, -0.15) is 0 Å². The largest absolute Gasteiger partial charge is 0.455 e. The molecule has 272 valence electrons. The number of furan rings is 1. The summed E-state index contributed by atoms with van der Waals surface area (Å²) in [6, 6.07) is 74.3. The molecule has 0 spiro atoms. The van der Waals surface area contributed by atoms with E-state index in [2.05, 4.69) is 216 Å². The summed E-state index contributed by atoms with van der Waals surface area (Å²) >= 11 is 1.87. The van der Waals surface area contributed by atoms with Crippen LogP contribution in [0.1, 0.15) is 0 Å². The summed E-state index contributed by atoms with van der Waals surface area (Å²) in [4.78, 5) is 2.47. The number of nitrogens with zero attached hydrogens (tertiary/aromatic N) is 2. The van der Waals surface area contributed by atoms with Crippen molar-refractivity contribution in [1.82, 2.24) is 4.57 Å². The third-order valence-electron chi connectivity index (χ3n) is 11.6. The predicted molar refractivity (Wildman–Crippen MR) is 247 cm³/mol. The Kier molecular flexibility index (Phi) is 7.40. The smallest absolute Gasteiger partial charge is 0.145 e. The zero-order valence-electron chi connectivity index (χ0n) is 31.3. The van der Waals surface area contributed by atoms with Crippen molar-refractivity contribution in [3.63, 3.8) is 0 Å². The maximum absolute atomic E-state index is 6.85. The van der Waals surface area contributed by atoms with E-state index in [1.165, 1.54) is 53.1 Å². The van der Waals surface area contributed by atoms with E-state index >= 15 is 0 Å². The minimum absolute atomic E-state index is 0.869. The van der Waals surface area contributed by atoms with Crippen molar-refractivity contribution in [3.05, 3.63) is 206 Å². The second kappa shape index (κ2) is 13.1. The Hall–Kier alpha value is -7.40. The fourth-order valence-corrected chi connectivity index (χ4v) is 10.4. The van der Waals surface area contributed by atoms with E-state index in [9.17, 15) is 0 Å². The SMILES string of the molecule is c1ccc(-c2ccc(N(c3cccc(-n4c5ccccc5c5ccccc54)c3)c3cccc4c3sc3c(-c5ccccc5)cccc34)c3c2oc2ccccc23)cc1. The van der Waals surface area contributed by atoms with E-state index in [0.717, 1.165) is 55.8 Å². The highest BCUT2D eigenvalue weighted by atomic mass is 32.1. The zero-order valence-corrected chi connectivity index (χ0v) is 32.2. The van der Waals surface area contributed by atoms with Crippen molar-refractivity contribution >= 4 is 92.3 Å². The molecule has 0 fully saturated rings. The molecule has 0 unspecified atom stereocenters. The van der Waals surface area contributed by atoms with Gasteiger partial charge < -0.3 is 13.9 Å².